The molecule has 142 valence electrons. The van der Waals surface area contributed by atoms with E-state index in [1.165, 1.54) is 11.9 Å². The molecular weight excluding hydrogens is 357 g/mol. The van der Waals surface area contributed by atoms with Gasteiger partial charge in [0, 0.05) is 25.6 Å². The van der Waals surface area contributed by atoms with Crippen molar-refractivity contribution in [2.75, 3.05) is 26.4 Å². The van der Waals surface area contributed by atoms with Crippen molar-refractivity contribution >= 4 is 19.2 Å². The van der Waals surface area contributed by atoms with Crippen LogP contribution < -0.4 is 0 Å². The summed E-state index contributed by atoms with van der Waals surface area (Å²) in [6.07, 6.45) is 1.49. The summed E-state index contributed by atoms with van der Waals surface area (Å²) in [7, 11) is -3.41. The molecule has 0 saturated carbocycles. The van der Waals surface area contributed by atoms with Crippen molar-refractivity contribution in [1.82, 2.24) is 4.90 Å². The Labute approximate surface area is 153 Å². The first kappa shape index (κ1) is 20.5. The van der Waals surface area contributed by atoms with Gasteiger partial charge in [0.25, 0.3) is 19.2 Å². The van der Waals surface area contributed by atoms with Crippen molar-refractivity contribution in [3.8, 4) is 0 Å². The molecule has 1 aromatic rings. The van der Waals surface area contributed by atoms with Gasteiger partial charge in [-0.25, -0.2) is 0 Å². The molecule has 1 aliphatic rings. The molecule has 26 heavy (non-hydrogen) atoms. The molecular formula is C18H24NO6P. The van der Waals surface area contributed by atoms with Crippen LogP contribution >= 0.6 is 7.37 Å². The van der Waals surface area contributed by atoms with Crippen LogP contribution in [0.1, 0.15) is 41.5 Å². The van der Waals surface area contributed by atoms with E-state index in [1.54, 1.807) is 45.0 Å². The van der Waals surface area contributed by atoms with Crippen molar-refractivity contribution < 1.29 is 28.2 Å². The highest BCUT2D eigenvalue weighted by atomic mass is 31.2. The third kappa shape index (κ3) is 4.30. The zero-order chi connectivity index (χ0) is 19.2. The van der Waals surface area contributed by atoms with E-state index in [2.05, 4.69) is 0 Å². The average molecular weight is 381 g/mol. The molecule has 1 heterocycles. The van der Waals surface area contributed by atoms with Gasteiger partial charge in [-0.1, -0.05) is 18.2 Å². The minimum absolute atomic E-state index is 0.00557. The predicted molar refractivity (Wildman–Crippen MR) is 97.2 cm³/mol. The maximum atomic E-state index is 13.1. The van der Waals surface area contributed by atoms with Crippen LogP contribution in [0.4, 0.5) is 0 Å². The fourth-order valence-electron chi connectivity index (χ4n) is 2.62. The van der Waals surface area contributed by atoms with Crippen LogP contribution in [-0.4, -0.2) is 49.1 Å². The maximum absolute atomic E-state index is 13.1. The van der Waals surface area contributed by atoms with E-state index in [4.69, 9.17) is 14.0 Å². The first-order valence-electron chi connectivity index (χ1n) is 8.58. The van der Waals surface area contributed by atoms with Crippen molar-refractivity contribution in [2.45, 2.75) is 26.8 Å². The number of hydrogen-bond acceptors (Lipinski definition) is 6. The molecule has 0 aromatic heterocycles. The zero-order valence-electron chi connectivity index (χ0n) is 15.2. The maximum Gasteiger partial charge on any atom is 0.279 e. The minimum Gasteiger partial charge on any atom is -0.344 e. The van der Waals surface area contributed by atoms with Gasteiger partial charge >= 0.3 is 0 Å². The van der Waals surface area contributed by atoms with Crippen molar-refractivity contribution in [3.63, 3.8) is 0 Å². The molecule has 1 aliphatic heterocycles. The molecule has 8 heteroatoms. The van der Waals surface area contributed by atoms with Gasteiger partial charge in [0.1, 0.15) is 0 Å². The van der Waals surface area contributed by atoms with Crippen molar-refractivity contribution in [3.05, 3.63) is 47.3 Å². The number of fused-ring (bicyclic) bond motifs is 1. The van der Waals surface area contributed by atoms with E-state index < -0.39 is 13.4 Å². The van der Waals surface area contributed by atoms with Gasteiger partial charge in [0.15, 0.2) is 0 Å². The Morgan fingerprint density at radius 1 is 1.00 bits per heavy atom. The van der Waals surface area contributed by atoms with Crippen molar-refractivity contribution in [2.24, 2.45) is 0 Å². The lowest BCUT2D eigenvalue weighted by Crippen LogP contribution is -2.29. The number of hydrogen-bond donors (Lipinski definition) is 0. The van der Waals surface area contributed by atoms with Crippen LogP contribution in [0, 0.1) is 0 Å². The topological polar surface area (TPSA) is 82.1 Å². The SMILES string of the molecule is CCOC(OCC)P(=O)(/C=C\CN1C(=O)c2ccccc2C1=O)OCC. The summed E-state index contributed by atoms with van der Waals surface area (Å²) in [6, 6.07) is 5.63. The molecule has 0 bridgehead atoms. The number of carbonyl (C=O) groups excluding carboxylic acids is 2. The van der Waals surface area contributed by atoms with Crippen LogP contribution in [0.5, 0.6) is 0 Å². The molecule has 1 aromatic carbocycles. The largest absolute Gasteiger partial charge is 0.344 e. The molecule has 0 N–H and O–H groups in total. The monoisotopic (exact) mass is 381 g/mol. The van der Waals surface area contributed by atoms with Gasteiger partial charge in [-0.05, 0) is 32.9 Å². The van der Waals surface area contributed by atoms with Crippen LogP contribution in [0.2, 0.25) is 0 Å². The molecule has 0 spiro atoms. The van der Waals surface area contributed by atoms with Crippen molar-refractivity contribution in [1.29, 1.82) is 0 Å². The van der Waals surface area contributed by atoms with E-state index in [0.29, 0.717) is 24.3 Å². The quantitative estimate of drug-likeness (QED) is 0.351. The summed E-state index contributed by atoms with van der Waals surface area (Å²) in [5.74, 6) is 0.621. The second-order valence-electron chi connectivity index (χ2n) is 5.43. The Bertz CT molecular complexity index is 691. The highest BCUT2D eigenvalue weighted by Crippen LogP contribution is 2.54. The van der Waals surface area contributed by atoms with E-state index in [-0.39, 0.29) is 25.0 Å². The van der Waals surface area contributed by atoms with Gasteiger partial charge in [-0.15, -0.1) is 0 Å². The normalized spacial score (nSPS) is 16.5. The molecule has 0 radical (unpaired) electrons. The Balaban J connectivity index is 2.15. The van der Waals surface area contributed by atoms with Gasteiger partial charge in [0.05, 0.1) is 17.7 Å². The van der Waals surface area contributed by atoms with Gasteiger partial charge in [0.2, 0.25) is 6.03 Å². The highest BCUT2D eigenvalue weighted by Gasteiger charge is 2.36. The first-order chi connectivity index (χ1) is 12.5. The molecule has 2 rings (SSSR count). The standard InChI is InChI=1S/C18H24NO6P/c1-4-23-18(24-5-2)26(22,25-6-3)13-9-12-19-16(20)14-10-7-8-11-15(14)17(19)21/h7-11,13,18H,4-6,12H2,1-3H3/b13-9-. The second-order valence-corrected chi connectivity index (χ2v) is 7.70. The molecule has 1 atom stereocenters. The predicted octanol–water partition coefficient (Wildman–Crippen LogP) is 3.47. The fourth-order valence-corrected chi connectivity index (χ4v) is 4.48. The molecule has 2 amide bonds. The fraction of sp³-hybridized carbons (Fsp3) is 0.444. The van der Waals surface area contributed by atoms with Gasteiger partial charge in [-0.2, -0.15) is 0 Å². The zero-order valence-corrected chi connectivity index (χ0v) is 16.1. The van der Waals surface area contributed by atoms with Gasteiger partial charge in [-0.3, -0.25) is 19.1 Å². The summed E-state index contributed by atoms with van der Waals surface area (Å²) in [5, 5.41) is 0. The van der Waals surface area contributed by atoms with Crippen LogP contribution in [0.3, 0.4) is 0 Å². The highest BCUT2D eigenvalue weighted by molar-refractivity contribution is 7.62. The van der Waals surface area contributed by atoms with Crippen LogP contribution in [-0.2, 0) is 18.6 Å². The molecule has 0 saturated heterocycles. The average Bonchev–Trinajstić information content (AvgIpc) is 2.87. The number of carbonyl (C=O) groups is 2. The Morgan fingerprint density at radius 2 is 1.54 bits per heavy atom. The molecule has 1 unspecified atom stereocenters. The summed E-state index contributed by atoms with van der Waals surface area (Å²) in [5.41, 5.74) is 0.751. The summed E-state index contributed by atoms with van der Waals surface area (Å²) in [4.78, 5) is 25.8. The smallest absolute Gasteiger partial charge is 0.279 e. The lowest BCUT2D eigenvalue weighted by atomic mass is 10.1. The second kappa shape index (κ2) is 9.24. The first-order valence-corrected chi connectivity index (χ1v) is 10.3. The Hall–Kier alpha value is -1.79. The lowest BCUT2D eigenvalue weighted by molar-refractivity contribution is -0.0877. The number of nitrogens with zero attached hydrogens (tertiary/aromatic N) is 1. The molecule has 0 fully saturated rings. The molecule has 0 aliphatic carbocycles. The number of benzene rings is 1. The number of ether oxygens (including phenoxy) is 2. The summed E-state index contributed by atoms with van der Waals surface area (Å²) < 4.78 is 29.3. The van der Waals surface area contributed by atoms with Gasteiger partial charge < -0.3 is 14.0 Å². The summed E-state index contributed by atoms with van der Waals surface area (Å²) in [6.45, 7) is 6.09. The van der Waals surface area contributed by atoms with Crippen LogP contribution in [0.25, 0.3) is 0 Å². The summed E-state index contributed by atoms with van der Waals surface area (Å²) >= 11 is 0. The Kier molecular flexibility index (Phi) is 7.29. The third-order valence-electron chi connectivity index (χ3n) is 3.72. The van der Waals surface area contributed by atoms with E-state index in [0.717, 1.165) is 4.90 Å². The van der Waals surface area contributed by atoms with E-state index in [1.807, 2.05) is 0 Å². The van der Waals surface area contributed by atoms with E-state index in [9.17, 15) is 14.2 Å². The Morgan fingerprint density at radius 3 is 2.00 bits per heavy atom. The van der Waals surface area contributed by atoms with E-state index >= 15 is 0 Å². The minimum atomic E-state index is -3.41. The molecule has 7 nitrogen and oxygen atoms in total. The lowest BCUT2D eigenvalue weighted by Gasteiger charge is -2.24. The number of amides is 2. The number of imide groups is 1. The number of rotatable bonds is 10. The van der Waals surface area contributed by atoms with Crippen LogP contribution in [0.15, 0.2) is 36.2 Å². The third-order valence-corrected chi connectivity index (χ3v) is 5.90.